The molecule has 0 radical (unpaired) electrons. The first-order chi connectivity index (χ1) is 8.58. The standard InChI is InChI=1S/C14H13BrN2S/c1-9-6-7-12(10(8-9)14(16)17)18-13-5-3-2-4-11(13)15/h2-8H,1H3,(H3,16,17). The number of hydrogen-bond donors (Lipinski definition) is 2. The number of rotatable bonds is 3. The van der Waals surface area contributed by atoms with Crippen molar-refractivity contribution in [2.75, 3.05) is 0 Å². The van der Waals surface area contributed by atoms with Gasteiger partial charge in [0.15, 0.2) is 0 Å². The summed E-state index contributed by atoms with van der Waals surface area (Å²) in [5.41, 5.74) is 7.53. The molecule has 0 aliphatic carbocycles. The van der Waals surface area contributed by atoms with E-state index in [1.165, 1.54) is 0 Å². The Bertz CT molecular complexity index is 596. The third kappa shape index (κ3) is 2.94. The van der Waals surface area contributed by atoms with E-state index in [1.54, 1.807) is 11.8 Å². The maximum absolute atomic E-state index is 7.65. The number of aryl methyl sites for hydroxylation is 1. The largest absolute Gasteiger partial charge is 0.384 e. The second-order valence-electron chi connectivity index (χ2n) is 3.95. The molecule has 2 aromatic rings. The minimum atomic E-state index is 0.105. The Balaban J connectivity index is 2.41. The zero-order valence-electron chi connectivity index (χ0n) is 9.91. The van der Waals surface area contributed by atoms with E-state index in [1.807, 2.05) is 49.4 Å². The molecule has 0 atom stereocenters. The van der Waals surface area contributed by atoms with Gasteiger partial charge in [0.05, 0.1) is 0 Å². The van der Waals surface area contributed by atoms with Crippen LogP contribution in [0, 0.1) is 12.3 Å². The predicted molar refractivity (Wildman–Crippen MR) is 80.5 cm³/mol. The van der Waals surface area contributed by atoms with E-state index in [9.17, 15) is 0 Å². The Labute approximate surface area is 119 Å². The minimum Gasteiger partial charge on any atom is -0.384 e. The quantitative estimate of drug-likeness (QED) is 0.658. The van der Waals surface area contributed by atoms with Crippen molar-refractivity contribution in [2.24, 2.45) is 5.73 Å². The van der Waals surface area contributed by atoms with Gasteiger partial charge in [0.2, 0.25) is 0 Å². The van der Waals surface area contributed by atoms with Gasteiger partial charge >= 0.3 is 0 Å². The van der Waals surface area contributed by atoms with Crippen LogP contribution in [0.15, 0.2) is 56.7 Å². The third-order valence-corrected chi connectivity index (χ3v) is 4.59. The van der Waals surface area contributed by atoms with Crippen molar-refractivity contribution in [3.05, 3.63) is 58.1 Å². The molecule has 3 N–H and O–H groups in total. The highest BCUT2D eigenvalue weighted by molar-refractivity contribution is 9.10. The fourth-order valence-electron chi connectivity index (χ4n) is 1.59. The Hall–Kier alpha value is -1.26. The van der Waals surface area contributed by atoms with Crippen molar-refractivity contribution in [1.29, 1.82) is 5.41 Å². The smallest absolute Gasteiger partial charge is 0.123 e. The highest BCUT2D eigenvalue weighted by Crippen LogP contribution is 2.35. The molecule has 0 aromatic heterocycles. The molecule has 0 aliphatic heterocycles. The Morgan fingerprint density at radius 3 is 2.56 bits per heavy atom. The van der Waals surface area contributed by atoms with Crippen molar-refractivity contribution >= 4 is 33.5 Å². The molecule has 0 aliphatic rings. The van der Waals surface area contributed by atoms with Gasteiger partial charge in [0, 0.05) is 19.8 Å². The van der Waals surface area contributed by atoms with Crippen LogP contribution < -0.4 is 5.73 Å². The lowest BCUT2D eigenvalue weighted by Gasteiger charge is -2.10. The summed E-state index contributed by atoms with van der Waals surface area (Å²) in [4.78, 5) is 2.11. The minimum absolute atomic E-state index is 0.105. The summed E-state index contributed by atoms with van der Waals surface area (Å²) < 4.78 is 1.05. The van der Waals surface area contributed by atoms with Crippen LogP contribution in [0.1, 0.15) is 11.1 Å². The van der Waals surface area contributed by atoms with Crippen molar-refractivity contribution in [1.82, 2.24) is 0 Å². The summed E-state index contributed by atoms with van der Waals surface area (Å²) in [6.07, 6.45) is 0. The van der Waals surface area contributed by atoms with E-state index >= 15 is 0 Å². The van der Waals surface area contributed by atoms with Crippen molar-refractivity contribution in [3.8, 4) is 0 Å². The average molecular weight is 321 g/mol. The van der Waals surface area contributed by atoms with Crippen LogP contribution in [0.2, 0.25) is 0 Å². The summed E-state index contributed by atoms with van der Waals surface area (Å²) in [6, 6.07) is 14.0. The van der Waals surface area contributed by atoms with E-state index in [0.717, 1.165) is 25.4 Å². The molecule has 4 heteroatoms. The highest BCUT2D eigenvalue weighted by Gasteiger charge is 2.09. The lowest BCUT2D eigenvalue weighted by atomic mass is 10.1. The summed E-state index contributed by atoms with van der Waals surface area (Å²) in [5.74, 6) is 0.105. The molecule has 2 rings (SSSR count). The number of amidine groups is 1. The molecule has 0 heterocycles. The fourth-order valence-corrected chi connectivity index (χ4v) is 3.08. The van der Waals surface area contributed by atoms with Crippen LogP contribution in [0.5, 0.6) is 0 Å². The molecule has 0 saturated heterocycles. The Kier molecular flexibility index (Phi) is 4.09. The number of nitrogens with two attached hydrogens (primary N) is 1. The van der Waals surface area contributed by atoms with Gasteiger partial charge in [0.25, 0.3) is 0 Å². The first kappa shape index (κ1) is 13.2. The Morgan fingerprint density at radius 1 is 1.17 bits per heavy atom. The predicted octanol–water partition coefficient (Wildman–Crippen LogP) is 4.19. The summed E-state index contributed by atoms with van der Waals surface area (Å²) in [5, 5.41) is 7.65. The van der Waals surface area contributed by atoms with Gasteiger partial charge in [-0.3, -0.25) is 5.41 Å². The van der Waals surface area contributed by atoms with Gasteiger partial charge in [0.1, 0.15) is 5.84 Å². The van der Waals surface area contributed by atoms with Gasteiger partial charge in [-0.25, -0.2) is 0 Å². The maximum atomic E-state index is 7.65. The number of halogens is 1. The molecule has 0 unspecified atom stereocenters. The molecule has 2 aromatic carbocycles. The van der Waals surface area contributed by atoms with Gasteiger partial charge in [-0.2, -0.15) is 0 Å². The van der Waals surface area contributed by atoms with Crippen LogP contribution in [-0.4, -0.2) is 5.84 Å². The van der Waals surface area contributed by atoms with Gasteiger partial charge in [-0.15, -0.1) is 0 Å². The van der Waals surface area contributed by atoms with E-state index in [-0.39, 0.29) is 5.84 Å². The lowest BCUT2D eigenvalue weighted by molar-refractivity contribution is 1.29. The SMILES string of the molecule is Cc1ccc(Sc2ccccc2Br)c(C(=N)N)c1. The molecule has 0 saturated carbocycles. The van der Waals surface area contributed by atoms with Crippen LogP contribution in [0.4, 0.5) is 0 Å². The average Bonchev–Trinajstić information content (AvgIpc) is 2.34. The molecular weight excluding hydrogens is 308 g/mol. The number of nitrogens with one attached hydrogen (secondary N) is 1. The molecular formula is C14H13BrN2S. The summed E-state index contributed by atoms with van der Waals surface area (Å²) in [6.45, 7) is 2.00. The first-order valence-electron chi connectivity index (χ1n) is 5.45. The first-order valence-corrected chi connectivity index (χ1v) is 7.06. The second kappa shape index (κ2) is 5.59. The molecule has 18 heavy (non-hydrogen) atoms. The van der Waals surface area contributed by atoms with Crippen molar-refractivity contribution in [3.63, 3.8) is 0 Å². The van der Waals surface area contributed by atoms with Crippen molar-refractivity contribution in [2.45, 2.75) is 16.7 Å². The number of benzene rings is 2. The maximum Gasteiger partial charge on any atom is 0.123 e. The Morgan fingerprint density at radius 2 is 1.89 bits per heavy atom. The fraction of sp³-hybridized carbons (Fsp3) is 0.0714. The zero-order valence-corrected chi connectivity index (χ0v) is 12.3. The third-order valence-electron chi connectivity index (χ3n) is 2.48. The summed E-state index contributed by atoms with van der Waals surface area (Å²) in [7, 11) is 0. The molecule has 0 bridgehead atoms. The van der Waals surface area contributed by atoms with E-state index < -0.39 is 0 Å². The van der Waals surface area contributed by atoms with Gasteiger partial charge < -0.3 is 5.73 Å². The normalized spacial score (nSPS) is 10.3. The van der Waals surface area contributed by atoms with Crippen molar-refractivity contribution < 1.29 is 0 Å². The number of nitrogen functional groups attached to an aromatic ring is 1. The molecule has 0 amide bonds. The zero-order chi connectivity index (χ0) is 13.1. The topological polar surface area (TPSA) is 49.9 Å². The molecule has 2 nitrogen and oxygen atoms in total. The van der Waals surface area contributed by atoms with E-state index in [4.69, 9.17) is 11.1 Å². The second-order valence-corrected chi connectivity index (χ2v) is 5.88. The molecule has 0 spiro atoms. The van der Waals surface area contributed by atoms with E-state index in [0.29, 0.717) is 0 Å². The van der Waals surface area contributed by atoms with Crippen LogP contribution in [0.3, 0.4) is 0 Å². The number of hydrogen-bond acceptors (Lipinski definition) is 2. The van der Waals surface area contributed by atoms with Gasteiger partial charge in [-0.05, 0) is 47.1 Å². The van der Waals surface area contributed by atoms with E-state index in [2.05, 4.69) is 15.9 Å². The molecule has 92 valence electrons. The van der Waals surface area contributed by atoms with Crippen LogP contribution in [-0.2, 0) is 0 Å². The van der Waals surface area contributed by atoms with Crippen LogP contribution >= 0.6 is 27.7 Å². The monoisotopic (exact) mass is 320 g/mol. The summed E-state index contributed by atoms with van der Waals surface area (Å²) >= 11 is 5.13. The van der Waals surface area contributed by atoms with Crippen LogP contribution in [0.25, 0.3) is 0 Å². The highest BCUT2D eigenvalue weighted by atomic mass is 79.9. The lowest BCUT2D eigenvalue weighted by Crippen LogP contribution is -2.12. The van der Waals surface area contributed by atoms with Gasteiger partial charge in [-0.1, -0.05) is 35.5 Å². The molecule has 0 fully saturated rings.